The SMILES string of the molecule is Cn1cc(C(=O)O)c(=O)c2ccc(CNc3ncc(C(c4ccccc4)(c4ccccc4)c4ccccc4)[nH]3)cc21. The van der Waals surface area contributed by atoms with Gasteiger partial charge in [0.1, 0.15) is 5.56 Å². The molecular weight excluding hydrogens is 512 g/mol. The van der Waals surface area contributed by atoms with Crippen LogP contribution in [0.3, 0.4) is 0 Å². The van der Waals surface area contributed by atoms with E-state index in [1.807, 2.05) is 36.5 Å². The molecule has 0 aliphatic carbocycles. The number of carboxylic acids is 1. The molecule has 2 heterocycles. The van der Waals surface area contributed by atoms with Crippen LogP contribution in [-0.2, 0) is 19.0 Å². The number of aryl methyl sites for hydroxylation is 1. The highest BCUT2D eigenvalue weighted by Gasteiger charge is 2.39. The Morgan fingerprint density at radius 2 is 1.44 bits per heavy atom. The normalized spacial score (nSPS) is 11.4. The zero-order valence-electron chi connectivity index (χ0n) is 22.4. The quantitative estimate of drug-likeness (QED) is 0.207. The molecule has 6 rings (SSSR count). The fraction of sp³-hybridized carbons (Fsp3) is 0.0882. The van der Waals surface area contributed by atoms with E-state index in [9.17, 15) is 14.7 Å². The van der Waals surface area contributed by atoms with E-state index in [4.69, 9.17) is 4.98 Å². The van der Waals surface area contributed by atoms with Crippen molar-refractivity contribution in [1.82, 2.24) is 14.5 Å². The second-order valence-electron chi connectivity index (χ2n) is 9.99. The molecule has 0 fully saturated rings. The largest absolute Gasteiger partial charge is 0.477 e. The van der Waals surface area contributed by atoms with E-state index in [0.717, 1.165) is 27.9 Å². The third kappa shape index (κ3) is 4.57. The number of carboxylic acid groups (broad SMARTS) is 1. The second kappa shape index (κ2) is 10.6. The van der Waals surface area contributed by atoms with Crippen molar-refractivity contribution < 1.29 is 9.90 Å². The number of aromatic amines is 1. The topological polar surface area (TPSA) is 100 Å². The van der Waals surface area contributed by atoms with Crippen molar-refractivity contribution in [3.8, 4) is 0 Å². The van der Waals surface area contributed by atoms with E-state index in [1.54, 1.807) is 17.7 Å². The summed E-state index contributed by atoms with van der Waals surface area (Å²) in [6, 6.07) is 36.6. The van der Waals surface area contributed by atoms with Gasteiger partial charge in [0.05, 0.1) is 22.8 Å². The highest BCUT2D eigenvalue weighted by Crippen LogP contribution is 2.44. The fourth-order valence-corrected chi connectivity index (χ4v) is 5.61. The minimum absolute atomic E-state index is 0.243. The van der Waals surface area contributed by atoms with Crippen molar-refractivity contribution in [2.75, 3.05) is 5.32 Å². The molecule has 0 unspecified atom stereocenters. The molecule has 0 aliphatic rings. The van der Waals surface area contributed by atoms with E-state index in [0.29, 0.717) is 23.4 Å². The Kier molecular flexibility index (Phi) is 6.69. The van der Waals surface area contributed by atoms with Crippen LogP contribution in [0.15, 0.2) is 126 Å². The summed E-state index contributed by atoms with van der Waals surface area (Å²) in [5.74, 6) is -0.619. The molecule has 6 aromatic rings. The van der Waals surface area contributed by atoms with E-state index in [-0.39, 0.29) is 5.56 Å². The maximum Gasteiger partial charge on any atom is 0.341 e. The number of carbonyl (C=O) groups is 1. The molecule has 2 aromatic heterocycles. The molecular formula is C34H28N4O3. The molecule has 0 atom stereocenters. The lowest BCUT2D eigenvalue weighted by Crippen LogP contribution is -2.31. The van der Waals surface area contributed by atoms with Gasteiger partial charge in [-0.15, -0.1) is 0 Å². The Morgan fingerprint density at radius 1 is 0.878 bits per heavy atom. The molecule has 0 saturated heterocycles. The Bertz CT molecular complexity index is 1800. The number of imidazole rings is 1. The average Bonchev–Trinajstić information content (AvgIpc) is 3.49. The Hall–Kier alpha value is -5.43. The minimum Gasteiger partial charge on any atom is -0.477 e. The summed E-state index contributed by atoms with van der Waals surface area (Å²) in [6.45, 7) is 0.451. The molecule has 7 nitrogen and oxygen atoms in total. The number of hydrogen-bond donors (Lipinski definition) is 3. The van der Waals surface area contributed by atoms with Crippen LogP contribution in [0.5, 0.6) is 0 Å². The van der Waals surface area contributed by atoms with Gasteiger partial charge in [-0.05, 0) is 34.4 Å². The number of nitrogens with one attached hydrogen (secondary N) is 2. The number of H-pyrrole nitrogens is 1. The Balaban J connectivity index is 1.38. The highest BCUT2D eigenvalue weighted by atomic mass is 16.4. The smallest absolute Gasteiger partial charge is 0.341 e. The summed E-state index contributed by atoms with van der Waals surface area (Å²) in [4.78, 5) is 32.4. The number of aromatic carboxylic acids is 1. The van der Waals surface area contributed by atoms with Gasteiger partial charge in [0.15, 0.2) is 0 Å². The number of benzene rings is 4. The number of aromatic nitrogens is 3. The zero-order valence-corrected chi connectivity index (χ0v) is 22.4. The van der Waals surface area contributed by atoms with Crippen LogP contribution in [0.2, 0.25) is 0 Å². The van der Waals surface area contributed by atoms with Crippen LogP contribution >= 0.6 is 0 Å². The van der Waals surface area contributed by atoms with Gasteiger partial charge in [-0.1, -0.05) is 97.1 Å². The number of fused-ring (bicyclic) bond motifs is 1. The van der Waals surface area contributed by atoms with Crippen molar-refractivity contribution in [3.05, 3.63) is 165 Å². The van der Waals surface area contributed by atoms with Gasteiger partial charge in [-0.2, -0.15) is 0 Å². The predicted molar refractivity (Wildman–Crippen MR) is 160 cm³/mol. The molecule has 7 heteroatoms. The number of rotatable bonds is 8. The van der Waals surface area contributed by atoms with Crippen LogP contribution in [0.1, 0.15) is 38.3 Å². The van der Waals surface area contributed by atoms with E-state index >= 15 is 0 Å². The summed E-state index contributed by atoms with van der Waals surface area (Å²) < 4.78 is 1.67. The molecule has 0 amide bonds. The van der Waals surface area contributed by atoms with Crippen LogP contribution in [0.4, 0.5) is 5.95 Å². The molecule has 3 N–H and O–H groups in total. The average molecular weight is 541 g/mol. The first-order valence-electron chi connectivity index (χ1n) is 13.3. The lowest BCUT2D eigenvalue weighted by atomic mass is 9.67. The van der Waals surface area contributed by atoms with Crippen LogP contribution in [0.25, 0.3) is 10.9 Å². The molecule has 0 radical (unpaired) electrons. The maximum atomic E-state index is 12.6. The lowest BCUT2D eigenvalue weighted by Gasteiger charge is -2.35. The molecule has 0 saturated carbocycles. The highest BCUT2D eigenvalue weighted by molar-refractivity contribution is 5.92. The van der Waals surface area contributed by atoms with Gasteiger partial charge in [0.25, 0.3) is 0 Å². The van der Waals surface area contributed by atoms with Crippen LogP contribution in [-0.4, -0.2) is 25.6 Å². The first kappa shape index (κ1) is 25.8. The van der Waals surface area contributed by atoms with Gasteiger partial charge in [0, 0.05) is 25.2 Å². The van der Waals surface area contributed by atoms with Crippen molar-refractivity contribution in [2.45, 2.75) is 12.0 Å². The summed E-state index contributed by atoms with van der Waals surface area (Å²) in [5, 5.41) is 13.1. The summed E-state index contributed by atoms with van der Waals surface area (Å²) in [6.07, 6.45) is 3.24. The predicted octanol–water partition coefficient (Wildman–Crippen LogP) is 5.95. The molecule has 202 valence electrons. The Morgan fingerprint density at radius 3 is 1.98 bits per heavy atom. The standard InChI is InChI=1S/C34H28N4O3/c1-38-22-28(32(40)41)31(39)27-18-17-23(19-29(27)38)20-35-33-36-21-30(37-33)34(24-11-5-2-6-12-24,25-13-7-3-8-14-25)26-15-9-4-10-16-26/h2-19,21-22H,20H2,1H3,(H,40,41)(H2,35,36,37). The van der Waals surface area contributed by atoms with E-state index < -0.39 is 16.8 Å². The third-order valence-electron chi connectivity index (χ3n) is 7.54. The monoisotopic (exact) mass is 540 g/mol. The van der Waals surface area contributed by atoms with Gasteiger partial charge in [0.2, 0.25) is 11.4 Å². The van der Waals surface area contributed by atoms with Gasteiger partial charge in [-0.3, -0.25) is 4.79 Å². The third-order valence-corrected chi connectivity index (χ3v) is 7.54. The summed E-state index contributed by atoms with van der Waals surface area (Å²) in [7, 11) is 1.74. The molecule has 0 bridgehead atoms. The Labute approximate surface area is 236 Å². The molecule has 0 spiro atoms. The molecule has 4 aromatic carbocycles. The number of nitrogens with zero attached hydrogens (tertiary/aromatic N) is 2. The minimum atomic E-state index is -1.23. The van der Waals surface area contributed by atoms with Crippen LogP contribution in [0, 0.1) is 0 Å². The molecule has 0 aliphatic heterocycles. The fourth-order valence-electron chi connectivity index (χ4n) is 5.61. The summed E-state index contributed by atoms with van der Waals surface area (Å²) in [5.41, 5.74) is 4.50. The van der Waals surface area contributed by atoms with Crippen molar-refractivity contribution in [2.24, 2.45) is 7.05 Å². The van der Waals surface area contributed by atoms with Gasteiger partial charge >= 0.3 is 5.97 Å². The lowest BCUT2D eigenvalue weighted by molar-refractivity contribution is 0.0695. The number of anilines is 1. The van der Waals surface area contributed by atoms with Crippen molar-refractivity contribution in [1.29, 1.82) is 0 Å². The zero-order chi connectivity index (χ0) is 28.4. The van der Waals surface area contributed by atoms with E-state index in [1.165, 1.54) is 6.20 Å². The van der Waals surface area contributed by atoms with Crippen LogP contribution < -0.4 is 10.7 Å². The second-order valence-corrected chi connectivity index (χ2v) is 9.99. The maximum absolute atomic E-state index is 12.6. The van der Waals surface area contributed by atoms with E-state index in [2.05, 4.69) is 83.1 Å². The number of hydrogen-bond acceptors (Lipinski definition) is 4. The first-order valence-corrected chi connectivity index (χ1v) is 13.3. The first-order chi connectivity index (χ1) is 20.0. The van der Waals surface area contributed by atoms with Gasteiger partial charge in [-0.25, -0.2) is 9.78 Å². The molecule has 41 heavy (non-hydrogen) atoms. The van der Waals surface area contributed by atoms with Gasteiger partial charge < -0.3 is 20.0 Å². The summed E-state index contributed by atoms with van der Waals surface area (Å²) >= 11 is 0. The van der Waals surface area contributed by atoms with Crippen molar-refractivity contribution in [3.63, 3.8) is 0 Å². The number of pyridine rings is 1. The van der Waals surface area contributed by atoms with Crippen molar-refractivity contribution >= 4 is 22.8 Å².